The van der Waals surface area contributed by atoms with Crippen molar-refractivity contribution in [1.29, 1.82) is 0 Å². The third-order valence-electron chi connectivity index (χ3n) is 4.33. The van der Waals surface area contributed by atoms with Gasteiger partial charge in [0, 0.05) is 36.0 Å². The van der Waals surface area contributed by atoms with E-state index in [1.54, 1.807) is 12.3 Å². The second-order valence-electron chi connectivity index (χ2n) is 6.05. The van der Waals surface area contributed by atoms with Gasteiger partial charge in [-0.25, -0.2) is 4.39 Å². The minimum atomic E-state index is -0.271. The van der Waals surface area contributed by atoms with Gasteiger partial charge in [0.25, 0.3) is 0 Å². The molecule has 2 heterocycles. The highest BCUT2D eigenvalue weighted by Crippen LogP contribution is 2.25. The third kappa shape index (κ3) is 3.29. The van der Waals surface area contributed by atoms with Crippen molar-refractivity contribution >= 4 is 11.4 Å². The van der Waals surface area contributed by atoms with Gasteiger partial charge in [-0.3, -0.25) is 9.98 Å². The molecule has 124 valence electrons. The fourth-order valence-corrected chi connectivity index (χ4v) is 3.10. The van der Waals surface area contributed by atoms with Crippen molar-refractivity contribution in [2.45, 2.75) is 6.42 Å². The SMILES string of the molecule is Fc1cnccc1Cc1ccc2c(c1)C(c1ccccc1)=NCCN2. The lowest BCUT2D eigenvalue weighted by molar-refractivity contribution is 0.607. The number of halogens is 1. The summed E-state index contributed by atoms with van der Waals surface area (Å²) in [4.78, 5) is 8.59. The number of benzene rings is 2. The maximum Gasteiger partial charge on any atom is 0.145 e. The van der Waals surface area contributed by atoms with Gasteiger partial charge >= 0.3 is 0 Å². The summed E-state index contributed by atoms with van der Waals surface area (Å²) in [6.07, 6.45) is 3.42. The number of pyridine rings is 1. The number of nitrogens with zero attached hydrogens (tertiary/aromatic N) is 2. The predicted molar refractivity (Wildman–Crippen MR) is 98.9 cm³/mol. The molecule has 0 unspecified atom stereocenters. The molecule has 25 heavy (non-hydrogen) atoms. The van der Waals surface area contributed by atoms with Crippen LogP contribution in [0.4, 0.5) is 10.1 Å². The zero-order chi connectivity index (χ0) is 17.1. The number of nitrogens with one attached hydrogen (secondary N) is 1. The molecule has 0 bridgehead atoms. The molecule has 1 aromatic heterocycles. The summed E-state index contributed by atoms with van der Waals surface area (Å²) in [6.45, 7) is 1.54. The van der Waals surface area contributed by atoms with Crippen LogP contribution in [-0.2, 0) is 6.42 Å². The molecule has 1 aliphatic rings. The molecule has 4 heteroatoms. The van der Waals surface area contributed by atoms with Crippen LogP contribution in [0.5, 0.6) is 0 Å². The van der Waals surface area contributed by atoms with Crippen molar-refractivity contribution in [1.82, 2.24) is 4.98 Å². The Labute approximate surface area is 146 Å². The summed E-state index contributed by atoms with van der Waals surface area (Å²) < 4.78 is 13.9. The summed E-state index contributed by atoms with van der Waals surface area (Å²) in [5, 5.41) is 3.43. The minimum Gasteiger partial charge on any atom is -0.383 e. The van der Waals surface area contributed by atoms with Crippen molar-refractivity contribution in [2.75, 3.05) is 18.4 Å². The van der Waals surface area contributed by atoms with Crippen molar-refractivity contribution in [3.05, 3.63) is 95.1 Å². The topological polar surface area (TPSA) is 37.3 Å². The van der Waals surface area contributed by atoms with E-state index in [1.165, 1.54) is 6.20 Å². The first-order chi connectivity index (χ1) is 12.3. The molecular weight excluding hydrogens is 313 g/mol. The number of aliphatic imine (C=N–C) groups is 1. The summed E-state index contributed by atoms with van der Waals surface area (Å²) >= 11 is 0. The van der Waals surface area contributed by atoms with Gasteiger partial charge in [0.05, 0.1) is 18.5 Å². The van der Waals surface area contributed by atoms with E-state index in [9.17, 15) is 4.39 Å². The van der Waals surface area contributed by atoms with Crippen molar-refractivity contribution in [3.63, 3.8) is 0 Å². The van der Waals surface area contributed by atoms with E-state index >= 15 is 0 Å². The number of anilines is 1. The molecule has 4 rings (SSSR count). The lowest BCUT2D eigenvalue weighted by atomic mass is 9.96. The molecule has 0 fully saturated rings. The Morgan fingerprint density at radius 3 is 2.76 bits per heavy atom. The standard InChI is InChI=1S/C21H18FN3/c22-19-14-23-9-8-17(19)12-15-6-7-20-18(13-15)21(25-11-10-24-20)16-4-2-1-3-5-16/h1-9,13-14,24H,10-12H2. The number of hydrogen-bond acceptors (Lipinski definition) is 3. The fraction of sp³-hybridized carbons (Fsp3) is 0.143. The van der Waals surface area contributed by atoms with E-state index in [1.807, 2.05) is 24.3 Å². The highest BCUT2D eigenvalue weighted by Gasteiger charge is 2.15. The molecule has 1 N–H and O–H groups in total. The van der Waals surface area contributed by atoms with Crippen LogP contribution in [0.2, 0.25) is 0 Å². The maximum atomic E-state index is 13.9. The number of hydrogen-bond donors (Lipinski definition) is 1. The van der Waals surface area contributed by atoms with Gasteiger partial charge in [0.15, 0.2) is 0 Å². The van der Waals surface area contributed by atoms with Crippen LogP contribution in [-0.4, -0.2) is 23.8 Å². The van der Waals surface area contributed by atoms with Crippen LogP contribution in [0.1, 0.15) is 22.3 Å². The second kappa shape index (κ2) is 6.85. The molecule has 2 aromatic carbocycles. The monoisotopic (exact) mass is 331 g/mol. The Morgan fingerprint density at radius 2 is 1.92 bits per heavy atom. The van der Waals surface area contributed by atoms with Crippen molar-refractivity contribution in [3.8, 4) is 0 Å². The Morgan fingerprint density at radius 1 is 1.04 bits per heavy atom. The van der Waals surface area contributed by atoms with E-state index in [2.05, 4.69) is 34.6 Å². The Kier molecular flexibility index (Phi) is 4.25. The average Bonchev–Trinajstić information content (AvgIpc) is 2.86. The molecule has 0 atom stereocenters. The maximum absolute atomic E-state index is 13.9. The van der Waals surface area contributed by atoms with Crippen molar-refractivity contribution in [2.24, 2.45) is 4.99 Å². The second-order valence-corrected chi connectivity index (χ2v) is 6.05. The number of benzodiazepines with no additional fused rings is 1. The fourth-order valence-electron chi connectivity index (χ4n) is 3.10. The van der Waals surface area contributed by atoms with Crippen LogP contribution in [0, 0.1) is 5.82 Å². The zero-order valence-electron chi connectivity index (χ0n) is 13.7. The summed E-state index contributed by atoms with van der Waals surface area (Å²) in [6, 6.07) is 18.1. The normalized spacial score (nSPS) is 13.4. The van der Waals surface area contributed by atoms with E-state index in [0.29, 0.717) is 12.0 Å². The van der Waals surface area contributed by atoms with Gasteiger partial charge in [0.2, 0.25) is 0 Å². The van der Waals surface area contributed by atoms with Gasteiger partial charge in [-0.2, -0.15) is 0 Å². The molecular formula is C21H18FN3. The molecule has 0 saturated heterocycles. The van der Waals surface area contributed by atoms with E-state index in [0.717, 1.165) is 41.2 Å². The highest BCUT2D eigenvalue weighted by molar-refractivity contribution is 6.16. The zero-order valence-corrected chi connectivity index (χ0v) is 13.7. The number of rotatable bonds is 3. The van der Waals surface area contributed by atoms with Crippen molar-refractivity contribution < 1.29 is 4.39 Å². The molecule has 3 nitrogen and oxygen atoms in total. The summed E-state index contributed by atoms with van der Waals surface area (Å²) in [5.74, 6) is -0.271. The molecule has 0 amide bonds. The van der Waals surface area contributed by atoms with E-state index < -0.39 is 0 Å². The number of fused-ring (bicyclic) bond motifs is 1. The Balaban J connectivity index is 1.75. The van der Waals surface area contributed by atoms with Crippen LogP contribution >= 0.6 is 0 Å². The van der Waals surface area contributed by atoms with Crippen LogP contribution in [0.25, 0.3) is 0 Å². The molecule has 0 saturated carbocycles. The number of aromatic nitrogens is 1. The quantitative estimate of drug-likeness (QED) is 0.785. The van der Waals surface area contributed by atoms with E-state index in [4.69, 9.17) is 4.99 Å². The Bertz CT molecular complexity index is 919. The minimum absolute atomic E-state index is 0.271. The van der Waals surface area contributed by atoms with Gasteiger partial charge in [-0.1, -0.05) is 36.4 Å². The first kappa shape index (κ1) is 15.5. The van der Waals surface area contributed by atoms with E-state index in [-0.39, 0.29) is 5.82 Å². The lowest BCUT2D eigenvalue weighted by Gasteiger charge is -2.13. The van der Waals surface area contributed by atoms with Crippen LogP contribution in [0.15, 0.2) is 72.0 Å². The largest absolute Gasteiger partial charge is 0.383 e. The van der Waals surface area contributed by atoms with Gasteiger partial charge in [-0.15, -0.1) is 0 Å². The first-order valence-electron chi connectivity index (χ1n) is 8.37. The summed E-state index contributed by atoms with van der Waals surface area (Å²) in [5.41, 5.74) is 5.91. The van der Waals surface area contributed by atoms with Gasteiger partial charge in [-0.05, 0) is 29.3 Å². The Hall–Kier alpha value is -3.01. The highest BCUT2D eigenvalue weighted by atomic mass is 19.1. The molecule has 0 aliphatic carbocycles. The predicted octanol–water partition coefficient (Wildman–Crippen LogP) is 4.07. The van der Waals surface area contributed by atoms with Gasteiger partial charge in [0.1, 0.15) is 5.82 Å². The van der Waals surface area contributed by atoms with Crippen LogP contribution in [0.3, 0.4) is 0 Å². The smallest absolute Gasteiger partial charge is 0.145 e. The average molecular weight is 331 g/mol. The molecule has 1 aliphatic heterocycles. The third-order valence-corrected chi connectivity index (χ3v) is 4.33. The molecule has 3 aromatic rings. The summed E-state index contributed by atoms with van der Waals surface area (Å²) in [7, 11) is 0. The van der Waals surface area contributed by atoms with Crippen LogP contribution < -0.4 is 5.32 Å². The first-order valence-corrected chi connectivity index (χ1v) is 8.37. The molecule has 0 spiro atoms. The van der Waals surface area contributed by atoms with Gasteiger partial charge < -0.3 is 5.32 Å². The lowest BCUT2D eigenvalue weighted by Crippen LogP contribution is -2.06. The molecule has 0 radical (unpaired) electrons.